The molecule has 0 aromatic carbocycles. The van der Waals surface area contributed by atoms with Gasteiger partial charge in [-0.2, -0.15) is 0 Å². The third-order valence-corrected chi connectivity index (χ3v) is 8.46. The third-order valence-electron chi connectivity index (χ3n) is 4.03. The van der Waals surface area contributed by atoms with Gasteiger partial charge in [0, 0.05) is 5.75 Å². The van der Waals surface area contributed by atoms with Gasteiger partial charge in [-0.15, -0.1) is 0 Å². The molecular weight excluding hydrogens is 417 g/mol. The summed E-state index contributed by atoms with van der Waals surface area (Å²) in [6.07, 6.45) is 9.64. The van der Waals surface area contributed by atoms with Crippen molar-refractivity contribution in [1.82, 2.24) is 0 Å². The summed E-state index contributed by atoms with van der Waals surface area (Å²) < 4.78 is 5.72. The molecule has 0 heterocycles. The molecule has 0 saturated heterocycles. The van der Waals surface area contributed by atoms with Crippen molar-refractivity contribution >= 4 is 42.4 Å². The molecule has 0 amide bonds. The molecule has 0 fully saturated rings. The van der Waals surface area contributed by atoms with E-state index >= 15 is 0 Å². The summed E-state index contributed by atoms with van der Waals surface area (Å²) in [7, 11) is 0. The van der Waals surface area contributed by atoms with Crippen LogP contribution in [0.25, 0.3) is 0 Å². The zero-order chi connectivity index (χ0) is 16.1. The Kier molecular flexibility index (Phi) is 24.1. The minimum atomic E-state index is -2.64. The summed E-state index contributed by atoms with van der Waals surface area (Å²) in [5.41, 5.74) is -2.64. The maximum atomic E-state index is 10.3. The van der Waals surface area contributed by atoms with Crippen molar-refractivity contribution in [3.63, 3.8) is 0 Å². The van der Waals surface area contributed by atoms with E-state index in [-0.39, 0.29) is 33.0 Å². The Labute approximate surface area is 173 Å². The predicted molar refractivity (Wildman–Crippen MR) is 109 cm³/mol. The first kappa shape index (κ1) is 29.6. The van der Waals surface area contributed by atoms with Gasteiger partial charge in [0.05, 0.1) is 6.61 Å². The average molecular weight is 452 g/mol. The van der Waals surface area contributed by atoms with E-state index in [4.69, 9.17) is 16.3 Å². The SMILES string of the molecule is CCCCC(CC)COP(O)(=S)SCC(CC)CCCC.[S-2].[Zn+2]. The van der Waals surface area contributed by atoms with Gasteiger partial charge in [-0.3, -0.25) is 0 Å². The summed E-state index contributed by atoms with van der Waals surface area (Å²) in [6, 6.07) is 0. The van der Waals surface area contributed by atoms with Gasteiger partial charge in [0.1, 0.15) is 0 Å². The summed E-state index contributed by atoms with van der Waals surface area (Å²) in [6.45, 7) is 9.47. The summed E-state index contributed by atoms with van der Waals surface area (Å²) >= 11 is 6.81. The van der Waals surface area contributed by atoms with Crippen LogP contribution in [0.1, 0.15) is 79.1 Å². The zero-order valence-electron chi connectivity index (χ0n) is 15.5. The molecule has 23 heavy (non-hydrogen) atoms. The van der Waals surface area contributed by atoms with Gasteiger partial charge in [-0.1, -0.05) is 77.6 Å². The van der Waals surface area contributed by atoms with Crippen LogP contribution in [-0.4, -0.2) is 17.3 Å². The van der Waals surface area contributed by atoms with Crippen molar-refractivity contribution in [3.05, 3.63) is 0 Å². The van der Waals surface area contributed by atoms with Crippen LogP contribution >= 0.6 is 17.1 Å². The first-order valence-electron chi connectivity index (χ1n) is 8.60. The maximum absolute atomic E-state index is 10.3. The Balaban J connectivity index is -0.00000200. The molecule has 0 rings (SSSR count). The second-order valence-corrected chi connectivity index (χ2v) is 12.1. The Morgan fingerprint density at radius 3 is 1.91 bits per heavy atom. The molecule has 3 unspecified atom stereocenters. The van der Waals surface area contributed by atoms with E-state index in [2.05, 4.69) is 27.7 Å². The normalized spacial score (nSPS) is 15.9. The standard InChI is InChI=1S/C16H35O2PS2.S.Zn/c1-5-9-11-15(7-3)13-18-19(17,20)21-14-16(8-4)12-10-6-2;;/h15-16H,5-14H2,1-4H3,(H,17,20);;/q;-2;+2. The number of hydrogen-bond acceptors (Lipinski definition) is 3. The van der Waals surface area contributed by atoms with Crippen molar-refractivity contribution in [2.24, 2.45) is 11.8 Å². The fourth-order valence-corrected chi connectivity index (χ4v) is 5.84. The molecule has 1 N–H and O–H groups in total. The minimum absolute atomic E-state index is 0. The molecule has 3 atom stereocenters. The van der Waals surface area contributed by atoms with Crippen molar-refractivity contribution in [2.45, 2.75) is 79.1 Å². The summed E-state index contributed by atoms with van der Waals surface area (Å²) in [5, 5.41) is 0. The molecule has 0 spiro atoms. The van der Waals surface area contributed by atoms with Crippen LogP contribution in [0, 0.1) is 11.8 Å². The van der Waals surface area contributed by atoms with Crippen molar-refractivity contribution in [3.8, 4) is 0 Å². The quantitative estimate of drug-likeness (QED) is 0.245. The molecule has 2 nitrogen and oxygen atoms in total. The van der Waals surface area contributed by atoms with Gasteiger partial charge in [-0.05, 0) is 36.5 Å². The summed E-state index contributed by atoms with van der Waals surface area (Å²) in [5.74, 6) is 2.15. The molecule has 0 aliphatic heterocycles. The second-order valence-electron chi connectivity index (χ2n) is 5.89. The zero-order valence-corrected chi connectivity index (χ0v) is 21.8. The molecule has 136 valence electrons. The first-order valence-corrected chi connectivity index (χ1v) is 12.9. The van der Waals surface area contributed by atoms with E-state index in [9.17, 15) is 4.89 Å². The van der Waals surface area contributed by atoms with E-state index in [0.29, 0.717) is 18.4 Å². The van der Waals surface area contributed by atoms with Gasteiger partial charge >= 0.3 is 19.5 Å². The minimum Gasteiger partial charge on any atom is -2.00 e. The molecule has 0 aliphatic rings. The first-order chi connectivity index (χ1) is 9.99. The fraction of sp³-hybridized carbons (Fsp3) is 1.00. The maximum Gasteiger partial charge on any atom is 2.00 e. The van der Waals surface area contributed by atoms with Gasteiger partial charge in [0.2, 0.25) is 5.69 Å². The second kappa shape index (κ2) is 18.7. The molecule has 0 radical (unpaired) electrons. The van der Waals surface area contributed by atoms with E-state index < -0.39 is 5.69 Å². The Morgan fingerprint density at radius 2 is 1.48 bits per heavy atom. The van der Waals surface area contributed by atoms with Crippen LogP contribution in [0.4, 0.5) is 0 Å². The Hall–Kier alpha value is 1.89. The smallest absolute Gasteiger partial charge is 2.00 e. The Bertz CT molecular complexity index is 272. The Morgan fingerprint density at radius 1 is 1.00 bits per heavy atom. The van der Waals surface area contributed by atoms with Crippen molar-refractivity contribution < 1.29 is 28.9 Å². The van der Waals surface area contributed by atoms with Crippen LogP contribution < -0.4 is 0 Å². The molecular formula is C16H35O2PS3Zn. The van der Waals surface area contributed by atoms with Gasteiger partial charge in [0.25, 0.3) is 0 Å². The molecule has 0 saturated carbocycles. The van der Waals surface area contributed by atoms with Crippen LogP contribution in [0.3, 0.4) is 0 Å². The van der Waals surface area contributed by atoms with Crippen LogP contribution in [-0.2, 0) is 49.3 Å². The largest absolute Gasteiger partial charge is 2.00 e. The number of rotatable bonds is 14. The number of hydrogen-bond donors (Lipinski definition) is 1. The van der Waals surface area contributed by atoms with E-state index in [1.807, 2.05) is 0 Å². The average Bonchev–Trinajstić information content (AvgIpc) is 2.47. The molecule has 0 aromatic rings. The van der Waals surface area contributed by atoms with Crippen molar-refractivity contribution in [2.75, 3.05) is 12.4 Å². The molecule has 0 aromatic heterocycles. The van der Waals surface area contributed by atoms with Gasteiger partial charge < -0.3 is 22.9 Å². The van der Waals surface area contributed by atoms with Crippen LogP contribution in [0.15, 0.2) is 0 Å². The van der Waals surface area contributed by atoms with E-state index in [1.165, 1.54) is 49.9 Å². The topological polar surface area (TPSA) is 29.5 Å². The third kappa shape index (κ3) is 17.1. The number of unbranched alkanes of at least 4 members (excludes halogenated alkanes) is 2. The molecule has 0 bridgehead atoms. The van der Waals surface area contributed by atoms with Crippen LogP contribution in [0.5, 0.6) is 0 Å². The predicted octanol–water partition coefficient (Wildman–Crippen LogP) is 6.38. The van der Waals surface area contributed by atoms with Crippen LogP contribution in [0.2, 0.25) is 0 Å². The van der Waals surface area contributed by atoms with Gasteiger partial charge in [0.15, 0.2) is 0 Å². The van der Waals surface area contributed by atoms with Crippen molar-refractivity contribution in [1.29, 1.82) is 0 Å². The van der Waals surface area contributed by atoms with E-state index in [0.717, 1.165) is 18.6 Å². The molecule has 7 heteroatoms. The molecule has 0 aliphatic carbocycles. The summed E-state index contributed by atoms with van der Waals surface area (Å²) in [4.78, 5) is 10.3. The monoisotopic (exact) mass is 450 g/mol. The van der Waals surface area contributed by atoms with E-state index in [1.54, 1.807) is 0 Å². The fourth-order valence-electron chi connectivity index (χ4n) is 2.23. The van der Waals surface area contributed by atoms with Gasteiger partial charge in [-0.25, -0.2) is 0 Å².